The van der Waals surface area contributed by atoms with Gasteiger partial charge in [0.05, 0.1) is 5.70 Å². The molecule has 0 radical (unpaired) electrons. The summed E-state index contributed by atoms with van der Waals surface area (Å²) in [5, 5.41) is 6.75. The highest BCUT2D eigenvalue weighted by Crippen LogP contribution is 2.30. The van der Waals surface area contributed by atoms with Crippen molar-refractivity contribution >= 4 is 12.0 Å². The Morgan fingerprint density at radius 2 is 1.90 bits per heavy atom. The Balaban J connectivity index is 1.91. The van der Waals surface area contributed by atoms with Gasteiger partial charge in [-0.3, -0.25) is 4.79 Å². The highest BCUT2D eigenvalue weighted by molar-refractivity contribution is 5.74. The van der Waals surface area contributed by atoms with E-state index in [1.807, 2.05) is 18.2 Å². The van der Waals surface area contributed by atoms with Crippen LogP contribution < -0.4 is 10.6 Å². The SMILES string of the molecule is CC1=C(c2ccccc2)NC(C=O)N1C1CCNCC1. The molecule has 1 saturated heterocycles. The molecular formula is C16H21N3O. The van der Waals surface area contributed by atoms with Crippen molar-refractivity contribution in [1.29, 1.82) is 0 Å². The van der Waals surface area contributed by atoms with Gasteiger partial charge in [-0.05, 0) is 38.4 Å². The molecule has 106 valence electrons. The van der Waals surface area contributed by atoms with E-state index < -0.39 is 0 Å². The molecule has 2 heterocycles. The van der Waals surface area contributed by atoms with Crippen LogP contribution in [0.25, 0.3) is 5.70 Å². The Kier molecular flexibility index (Phi) is 3.74. The quantitative estimate of drug-likeness (QED) is 0.819. The van der Waals surface area contributed by atoms with Crippen molar-refractivity contribution in [2.45, 2.75) is 32.0 Å². The molecule has 0 aliphatic carbocycles. The third-order valence-corrected chi connectivity index (χ3v) is 4.23. The maximum atomic E-state index is 11.4. The summed E-state index contributed by atoms with van der Waals surface area (Å²) in [6.45, 7) is 4.17. The normalized spacial score (nSPS) is 23.9. The van der Waals surface area contributed by atoms with E-state index in [2.05, 4.69) is 34.6 Å². The third-order valence-electron chi connectivity index (χ3n) is 4.23. The van der Waals surface area contributed by atoms with Crippen LogP contribution in [0.5, 0.6) is 0 Å². The van der Waals surface area contributed by atoms with E-state index >= 15 is 0 Å². The minimum atomic E-state index is -0.228. The van der Waals surface area contributed by atoms with E-state index in [1.54, 1.807) is 0 Å². The average molecular weight is 271 g/mol. The van der Waals surface area contributed by atoms with Crippen LogP contribution >= 0.6 is 0 Å². The van der Waals surface area contributed by atoms with Crippen LogP contribution in [-0.4, -0.2) is 36.5 Å². The fraction of sp³-hybridized carbons (Fsp3) is 0.438. The van der Waals surface area contributed by atoms with E-state index in [-0.39, 0.29) is 6.17 Å². The summed E-state index contributed by atoms with van der Waals surface area (Å²) < 4.78 is 0. The highest BCUT2D eigenvalue weighted by Gasteiger charge is 2.34. The minimum absolute atomic E-state index is 0.228. The van der Waals surface area contributed by atoms with E-state index in [0.29, 0.717) is 6.04 Å². The first-order valence-corrected chi connectivity index (χ1v) is 7.28. The Bertz CT molecular complexity index is 506. The standard InChI is InChI=1S/C16H21N3O/c1-12-16(13-5-3-2-4-6-13)18-15(11-20)19(12)14-7-9-17-10-8-14/h2-6,11,14-15,17-18H,7-10H2,1H3. The van der Waals surface area contributed by atoms with Crippen LogP contribution in [0, 0.1) is 0 Å². The number of allylic oxidation sites excluding steroid dienone is 1. The molecule has 1 atom stereocenters. The molecule has 2 N–H and O–H groups in total. The number of piperidine rings is 1. The molecule has 1 fully saturated rings. The maximum absolute atomic E-state index is 11.4. The summed E-state index contributed by atoms with van der Waals surface area (Å²) in [6.07, 6.45) is 2.96. The van der Waals surface area contributed by atoms with E-state index in [9.17, 15) is 4.79 Å². The number of hydrogen-bond acceptors (Lipinski definition) is 4. The number of nitrogens with one attached hydrogen (secondary N) is 2. The van der Waals surface area contributed by atoms with Crippen molar-refractivity contribution in [3.8, 4) is 0 Å². The van der Waals surface area contributed by atoms with Crippen molar-refractivity contribution < 1.29 is 4.79 Å². The minimum Gasteiger partial charge on any atom is -0.357 e. The number of benzene rings is 1. The van der Waals surface area contributed by atoms with Gasteiger partial charge in [0.25, 0.3) is 0 Å². The van der Waals surface area contributed by atoms with Crippen molar-refractivity contribution in [1.82, 2.24) is 15.5 Å². The number of nitrogens with zero attached hydrogens (tertiary/aromatic N) is 1. The lowest BCUT2D eigenvalue weighted by molar-refractivity contribution is -0.112. The Morgan fingerprint density at radius 1 is 1.20 bits per heavy atom. The van der Waals surface area contributed by atoms with Crippen molar-refractivity contribution in [2.75, 3.05) is 13.1 Å². The molecule has 4 heteroatoms. The largest absolute Gasteiger partial charge is 0.357 e. The number of carbonyl (C=O) groups excluding carboxylic acids is 1. The second-order valence-electron chi connectivity index (χ2n) is 5.44. The van der Waals surface area contributed by atoms with Gasteiger partial charge in [-0.15, -0.1) is 0 Å². The molecule has 0 amide bonds. The lowest BCUT2D eigenvalue weighted by Crippen LogP contribution is -2.48. The first kappa shape index (κ1) is 13.2. The summed E-state index contributed by atoms with van der Waals surface area (Å²) in [6, 6.07) is 10.7. The van der Waals surface area contributed by atoms with Crippen LogP contribution in [0.1, 0.15) is 25.3 Å². The lowest BCUT2D eigenvalue weighted by atomic mass is 10.0. The smallest absolute Gasteiger partial charge is 0.162 e. The Labute approximate surface area is 119 Å². The molecule has 2 aliphatic rings. The van der Waals surface area contributed by atoms with Crippen molar-refractivity contribution in [3.63, 3.8) is 0 Å². The fourth-order valence-corrected chi connectivity index (χ4v) is 3.24. The van der Waals surface area contributed by atoms with Gasteiger partial charge in [-0.2, -0.15) is 0 Å². The topological polar surface area (TPSA) is 44.4 Å². The van der Waals surface area contributed by atoms with Gasteiger partial charge in [0.1, 0.15) is 0 Å². The number of aldehydes is 1. The van der Waals surface area contributed by atoms with E-state index in [1.165, 1.54) is 5.70 Å². The average Bonchev–Trinajstić information content (AvgIpc) is 2.86. The summed E-state index contributed by atoms with van der Waals surface area (Å²) in [5.41, 5.74) is 3.41. The van der Waals surface area contributed by atoms with Gasteiger partial charge in [0.15, 0.2) is 12.5 Å². The number of carbonyl (C=O) groups is 1. The predicted molar refractivity (Wildman–Crippen MR) is 79.8 cm³/mol. The zero-order valence-electron chi connectivity index (χ0n) is 11.8. The van der Waals surface area contributed by atoms with Crippen LogP contribution in [0.2, 0.25) is 0 Å². The third kappa shape index (κ3) is 2.31. The van der Waals surface area contributed by atoms with Gasteiger partial charge in [-0.25, -0.2) is 0 Å². The molecule has 2 aliphatic heterocycles. The molecular weight excluding hydrogens is 250 g/mol. The monoisotopic (exact) mass is 271 g/mol. The highest BCUT2D eigenvalue weighted by atomic mass is 16.1. The zero-order chi connectivity index (χ0) is 13.9. The molecule has 1 unspecified atom stereocenters. The van der Waals surface area contributed by atoms with Gasteiger partial charge in [0.2, 0.25) is 0 Å². The van der Waals surface area contributed by atoms with Gasteiger partial charge in [-0.1, -0.05) is 30.3 Å². The van der Waals surface area contributed by atoms with Gasteiger partial charge < -0.3 is 15.5 Å². The lowest BCUT2D eigenvalue weighted by Gasteiger charge is -2.36. The molecule has 1 aromatic carbocycles. The van der Waals surface area contributed by atoms with E-state index in [0.717, 1.165) is 43.5 Å². The summed E-state index contributed by atoms with van der Waals surface area (Å²) in [5.74, 6) is 0. The van der Waals surface area contributed by atoms with Crippen molar-refractivity contribution in [2.24, 2.45) is 0 Å². The van der Waals surface area contributed by atoms with Gasteiger partial charge in [0, 0.05) is 11.7 Å². The molecule has 0 aromatic heterocycles. The molecule has 0 saturated carbocycles. The Morgan fingerprint density at radius 3 is 2.55 bits per heavy atom. The summed E-state index contributed by atoms with van der Waals surface area (Å²) >= 11 is 0. The second-order valence-corrected chi connectivity index (χ2v) is 5.44. The molecule has 1 aromatic rings. The second kappa shape index (κ2) is 5.67. The van der Waals surface area contributed by atoms with Crippen LogP contribution in [-0.2, 0) is 4.79 Å². The number of rotatable bonds is 3. The van der Waals surface area contributed by atoms with Crippen LogP contribution in [0.15, 0.2) is 36.0 Å². The molecule has 4 nitrogen and oxygen atoms in total. The predicted octanol–water partition coefficient (Wildman–Crippen LogP) is 1.56. The molecule has 0 bridgehead atoms. The maximum Gasteiger partial charge on any atom is 0.162 e. The van der Waals surface area contributed by atoms with Crippen LogP contribution in [0.3, 0.4) is 0 Å². The molecule has 20 heavy (non-hydrogen) atoms. The Hall–Kier alpha value is -1.81. The first-order valence-electron chi connectivity index (χ1n) is 7.28. The zero-order valence-corrected chi connectivity index (χ0v) is 11.8. The number of hydrogen-bond donors (Lipinski definition) is 2. The summed E-state index contributed by atoms with van der Waals surface area (Å²) in [4.78, 5) is 13.7. The van der Waals surface area contributed by atoms with Crippen molar-refractivity contribution in [3.05, 3.63) is 41.6 Å². The molecule has 3 rings (SSSR count). The van der Waals surface area contributed by atoms with Crippen LogP contribution in [0.4, 0.5) is 0 Å². The molecule has 0 spiro atoms. The van der Waals surface area contributed by atoms with Gasteiger partial charge >= 0.3 is 0 Å². The first-order chi connectivity index (χ1) is 9.81. The fourth-order valence-electron chi connectivity index (χ4n) is 3.24. The van der Waals surface area contributed by atoms with E-state index in [4.69, 9.17) is 0 Å². The summed E-state index contributed by atoms with van der Waals surface area (Å²) in [7, 11) is 0.